The molecule has 0 aromatic heterocycles. The van der Waals surface area contributed by atoms with E-state index in [1.165, 1.54) is 0 Å². The van der Waals surface area contributed by atoms with E-state index in [-0.39, 0.29) is 17.4 Å². The maximum Gasteiger partial charge on any atom is 0 e. The molecule has 0 spiro atoms. The van der Waals surface area contributed by atoms with Gasteiger partial charge < -0.3 is 5.11 Å². The van der Waals surface area contributed by atoms with Crippen molar-refractivity contribution in [3.63, 3.8) is 0 Å². The van der Waals surface area contributed by atoms with Gasteiger partial charge in [-0.3, -0.25) is 0 Å². The first-order valence-electron chi connectivity index (χ1n) is 3.23. The first kappa shape index (κ1) is 23.5. The number of rotatable bonds is 0. The summed E-state index contributed by atoms with van der Waals surface area (Å²) < 4.78 is 22.5. The first-order chi connectivity index (χ1) is 6.89. The third-order valence-corrected chi connectivity index (χ3v) is 0.964. The van der Waals surface area contributed by atoms with Crippen molar-refractivity contribution >= 4 is 0 Å². The van der Waals surface area contributed by atoms with Crippen LogP contribution in [0, 0.1) is 20.0 Å². The topological polar surface area (TPSA) is 79.9 Å². The summed E-state index contributed by atoms with van der Waals surface area (Å²) in [5.41, 5.74) is 0. The van der Waals surface area contributed by atoms with E-state index in [0.717, 1.165) is 6.42 Å². The Morgan fingerprint density at radius 1 is 1.00 bits per heavy atom. The zero-order valence-corrected chi connectivity index (χ0v) is 8.95. The fraction of sp³-hybridized carbons (Fsp3) is 0.100. The molecule has 0 heterocycles. The van der Waals surface area contributed by atoms with E-state index in [0.29, 0.717) is 5.76 Å². The summed E-state index contributed by atoms with van der Waals surface area (Å²) in [4.78, 5) is 0. The summed E-state index contributed by atoms with van der Waals surface area (Å²) in [5, 5.41) is 8.81. The van der Waals surface area contributed by atoms with Gasteiger partial charge in [0.15, 0.2) is 0 Å². The third-order valence-electron chi connectivity index (χ3n) is 0.964. The minimum absolute atomic E-state index is 0. The van der Waals surface area contributed by atoms with Crippen LogP contribution in [-0.4, -0.2) is 5.11 Å². The van der Waals surface area contributed by atoms with Gasteiger partial charge >= 0.3 is 33.9 Å². The van der Waals surface area contributed by atoms with Gasteiger partial charge in [-0.05, 0) is 18.6 Å². The second-order valence-electron chi connectivity index (χ2n) is 1.66. The number of allylic oxidation sites excluding steroid dienone is 5. The van der Waals surface area contributed by atoms with E-state index in [4.69, 9.17) is 19.1 Å². The van der Waals surface area contributed by atoms with Crippen molar-refractivity contribution in [1.29, 1.82) is 0 Å². The predicted octanol–water partition coefficient (Wildman–Crippen LogP) is 1.83. The van der Waals surface area contributed by atoms with E-state index in [1.807, 2.05) is 18.2 Å². The van der Waals surface area contributed by atoms with Crippen molar-refractivity contribution in [2.75, 3.05) is 0 Å². The average molecular weight is 244 g/mol. The molecule has 0 fully saturated rings. The second-order valence-corrected chi connectivity index (χ2v) is 1.66. The van der Waals surface area contributed by atoms with Crippen LogP contribution in [0.15, 0.2) is 36.1 Å². The maximum absolute atomic E-state index is 8.81. The quantitative estimate of drug-likeness (QED) is 0.512. The molecule has 0 amide bonds. The maximum atomic E-state index is 8.81. The van der Waals surface area contributed by atoms with Crippen molar-refractivity contribution in [2.45, 2.75) is 6.42 Å². The summed E-state index contributed by atoms with van der Waals surface area (Å²) in [6, 6.07) is 0. The summed E-state index contributed by atoms with van der Waals surface area (Å²) in [6.07, 6.45) is 10.0. The normalized spacial score (nSPS) is 9.87. The Labute approximate surface area is 99.3 Å². The van der Waals surface area contributed by atoms with Crippen LogP contribution < -0.4 is 0 Å². The molecule has 0 saturated heterocycles. The summed E-state index contributed by atoms with van der Waals surface area (Å²) in [5.74, 6) is 0.332. The molecule has 15 heavy (non-hydrogen) atoms. The Kier molecular flexibility index (Phi) is 46.0. The third kappa shape index (κ3) is 24.5. The summed E-state index contributed by atoms with van der Waals surface area (Å²) in [6.45, 7) is 13.5. The van der Waals surface area contributed by atoms with Crippen molar-refractivity contribution in [1.82, 2.24) is 0 Å². The predicted molar refractivity (Wildman–Crippen MR) is 45.4 cm³/mol. The van der Waals surface area contributed by atoms with Crippen LogP contribution in [0.1, 0.15) is 6.42 Å². The minimum atomic E-state index is 0. The monoisotopic (exact) mass is 244 g/mol. The number of hydrogen-bond acceptors (Lipinski definition) is 1. The summed E-state index contributed by atoms with van der Waals surface area (Å²) in [7, 11) is 0. The molecule has 78 valence electrons. The molecule has 1 rings (SSSR count). The van der Waals surface area contributed by atoms with Gasteiger partial charge in [0.05, 0.1) is 0 Å². The molecule has 1 aliphatic carbocycles. The molecule has 0 atom stereocenters. The second kappa shape index (κ2) is 29.3. The Morgan fingerprint density at radius 3 is 1.93 bits per heavy atom. The van der Waals surface area contributed by atoms with Crippen molar-refractivity contribution < 1.29 is 36.4 Å². The minimum Gasteiger partial charge on any atom is 0 e. The molecule has 0 aromatic carbocycles. The van der Waals surface area contributed by atoms with Gasteiger partial charge in [0.25, 0.3) is 0 Å². The van der Waals surface area contributed by atoms with Gasteiger partial charge in [0, 0.05) is 17.4 Å². The largest absolute Gasteiger partial charge is 0 e. The molecule has 4 nitrogen and oxygen atoms in total. The number of hydrogen-bond donors (Lipinski definition) is 1. The molecule has 0 unspecified atom stereocenters. The average Bonchev–Trinajstić information content (AvgIpc) is 2.54. The standard InChI is InChI=1S/C7H8O.3CO.Cr/c8-7-5-3-1-2-4-6-7;3*1-2;/h1,3-6,8H,2H2;;;;. The van der Waals surface area contributed by atoms with Crippen LogP contribution >= 0.6 is 0 Å². The van der Waals surface area contributed by atoms with E-state index >= 15 is 0 Å². The van der Waals surface area contributed by atoms with Gasteiger partial charge in [-0.1, -0.05) is 18.2 Å². The molecule has 1 N–H and O–H groups in total. The zero-order chi connectivity index (χ0) is 11.8. The van der Waals surface area contributed by atoms with Gasteiger partial charge in [-0.25, -0.2) is 0 Å². The smallest absolute Gasteiger partial charge is 0 e. The molecule has 0 aliphatic heterocycles. The Bertz CT molecular complexity index is 244. The van der Waals surface area contributed by atoms with Crippen LogP contribution in [-0.2, 0) is 31.3 Å². The molecule has 0 aromatic rings. The van der Waals surface area contributed by atoms with Crippen molar-refractivity contribution in [2.24, 2.45) is 0 Å². The van der Waals surface area contributed by atoms with Crippen LogP contribution in [0.3, 0.4) is 0 Å². The van der Waals surface area contributed by atoms with Crippen LogP contribution in [0.25, 0.3) is 0 Å². The molecule has 0 radical (unpaired) electrons. The summed E-state index contributed by atoms with van der Waals surface area (Å²) >= 11 is 0. The Balaban J connectivity index is -0.0000000755. The number of aliphatic hydroxyl groups excluding tert-OH is 1. The van der Waals surface area contributed by atoms with Crippen LogP contribution in [0.5, 0.6) is 0 Å². The molecular formula is C10H8CrO4. The van der Waals surface area contributed by atoms with Crippen molar-refractivity contribution in [3.05, 3.63) is 56.1 Å². The molecule has 5 heteroatoms. The molecule has 1 aliphatic rings. The fourth-order valence-corrected chi connectivity index (χ4v) is 0.568. The van der Waals surface area contributed by atoms with E-state index in [9.17, 15) is 0 Å². The van der Waals surface area contributed by atoms with Crippen LogP contribution in [0.2, 0.25) is 0 Å². The van der Waals surface area contributed by atoms with Gasteiger partial charge in [0.2, 0.25) is 0 Å². The molecule has 0 saturated carbocycles. The van der Waals surface area contributed by atoms with Gasteiger partial charge in [-0.15, -0.1) is 0 Å². The zero-order valence-electron chi connectivity index (χ0n) is 7.67. The fourth-order valence-electron chi connectivity index (χ4n) is 0.568. The van der Waals surface area contributed by atoms with E-state index < -0.39 is 0 Å². The van der Waals surface area contributed by atoms with Crippen LogP contribution in [0.4, 0.5) is 0 Å². The number of aliphatic hydroxyl groups is 1. The van der Waals surface area contributed by atoms with Gasteiger partial charge in [0.1, 0.15) is 5.76 Å². The van der Waals surface area contributed by atoms with Gasteiger partial charge in [-0.2, -0.15) is 0 Å². The molecular weight excluding hydrogens is 236 g/mol. The van der Waals surface area contributed by atoms with E-state index in [2.05, 4.69) is 20.0 Å². The SMILES string of the molecule is OC1=CC=CCC=C1.[C-]#[O+].[C-]#[O+].[C-]#[O+].[Cr]. The first-order valence-corrected chi connectivity index (χ1v) is 3.23. The Hall–Kier alpha value is -1.23. The molecule has 0 bridgehead atoms. The Morgan fingerprint density at radius 2 is 1.47 bits per heavy atom. The van der Waals surface area contributed by atoms with E-state index in [1.54, 1.807) is 12.2 Å². The van der Waals surface area contributed by atoms with Crippen molar-refractivity contribution in [3.8, 4) is 0 Å².